The highest BCUT2D eigenvalue weighted by Crippen LogP contribution is 2.16. The van der Waals surface area contributed by atoms with Crippen molar-refractivity contribution in [2.75, 3.05) is 26.7 Å². The van der Waals surface area contributed by atoms with Gasteiger partial charge in [-0.25, -0.2) is 4.68 Å². The molecule has 1 N–H and O–H groups in total. The van der Waals surface area contributed by atoms with Gasteiger partial charge in [0.1, 0.15) is 0 Å². The molecule has 4 heteroatoms. The van der Waals surface area contributed by atoms with Crippen LogP contribution in [0.15, 0.2) is 42.7 Å². The van der Waals surface area contributed by atoms with Crippen molar-refractivity contribution in [3.8, 4) is 5.69 Å². The number of benzene rings is 1. The predicted molar refractivity (Wildman–Crippen MR) is 85.5 cm³/mol. The molecule has 4 nitrogen and oxygen atoms in total. The van der Waals surface area contributed by atoms with Gasteiger partial charge in [0.15, 0.2) is 0 Å². The molecule has 0 unspecified atom stereocenters. The van der Waals surface area contributed by atoms with Crippen LogP contribution in [-0.4, -0.2) is 41.4 Å². The third-order valence-electron chi connectivity index (χ3n) is 4.33. The van der Waals surface area contributed by atoms with Gasteiger partial charge in [-0.1, -0.05) is 18.2 Å². The molecule has 1 aliphatic rings. The van der Waals surface area contributed by atoms with Gasteiger partial charge in [-0.15, -0.1) is 0 Å². The second-order valence-electron chi connectivity index (χ2n) is 5.96. The van der Waals surface area contributed by atoms with Crippen LogP contribution in [0, 0.1) is 5.92 Å². The fourth-order valence-corrected chi connectivity index (χ4v) is 2.97. The van der Waals surface area contributed by atoms with Gasteiger partial charge in [-0.3, -0.25) is 0 Å². The highest BCUT2D eigenvalue weighted by molar-refractivity contribution is 5.40. The summed E-state index contributed by atoms with van der Waals surface area (Å²) in [5.41, 5.74) is 2.47. The largest absolute Gasteiger partial charge is 0.312 e. The number of hydrogen-bond donors (Lipinski definition) is 1. The molecular weight excluding hydrogens is 260 g/mol. The summed E-state index contributed by atoms with van der Waals surface area (Å²) in [7, 11) is 2.21. The highest BCUT2D eigenvalue weighted by Gasteiger charge is 2.16. The zero-order valence-electron chi connectivity index (χ0n) is 12.7. The molecule has 21 heavy (non-hydrogen) atoms. The summed E-state index contributed by atoms with van der Waals surface area (Å²) >= 11 is 0. The van der Waals surface area contributed by atoms with Gasteiger partial charge in [0.2, 0.25) is 0 Å². The van der Waals surface area contributed by atoms with Crippen molar-refractivity contribution in [2.24, 2.45) is 5.92 Å². The number of rotatable bonds is 5. The van der Waals surface area contributed by atoms with E-state index in [4.69, 9.17) is 0 Å². The number of likely N-dealkylation sites (tertiary alicyclic amines) is 1. The molecule has 1 saturated heterocycles. The SMILES string of the molecule is CN1CCC(CNCc2ccccc2-n2cccn2)CC1. The average molecular weight is 284 g/mol. The van der Waals surface area contributed by atoms with Crippen LogP contribution in [0.1, 0.15) is 18.4 Å². The minimum Gasteiger partial charge on any atom is -0.312 e. The van der Waals surface area contributed by atoms with Gasteiger partial charge < -0.3 is 10.2 Å². The fourth-order valence-electron chi connectivity index (χ4n) is 2.97. The monoisotopic (exact) mass is 284 g/mol. The Morgan fingerprint density at radius 3 is 2.76 bits per heavy atom. The molecule has 112 valence electrons. The lowest BCUT2D eigenvalue weighted by Gasteiger charge is -2.29. The molecule has 0 saturated carbocycles. The Bertz CT molecular complexity index is 542. The maximum atomic E-state index is 4.34. The molecule has 1 aromatic heterocycles. The Morgan fingerprint density at radius 1 is 1.19 bits per heavy atom. The fraction of sp³-hybridized carbons (Fsp3) is 0.471. The summed E-state index contributed by atoms with van der Waals surface area (Å²) in [6.07, 6.45) is 6.44. The summed E-state index contributed by atoms with van der Waals surface area (Å²) in [6, 6.07) is 10.4. The Hall–Kier alpha value is -1.65. The number of piperidine rings is 1. The molecule has 1 aromatic carbocycles. The van der Waals surface area contributed by atoms with Crippen LogP contribution in [-0.2, 0) is 6.54 Å². The van der Waals surface area contributed by atoms with Gasteiger partial charge in [0.25, 0.3) is 0 Å². The molecule has 0 radical (unpaired) electrons. The third-order valence-corrected chi connectivity index (χ3v) is 4.33. The molecule has 2 aromatic rings. The van der Waals surface area contributed by atoms with E-state index in [0.29, 0.717) is 0 Å². The zero-order valence-corrected chi connectivity index (χ0v) is 12.7. The van der Waals surface area contributed by atoms with E-state index in [0.717, 1.165) is 19.0 Å². The van der Waals surface area contributed by atoms with E-state index in [-0.39, 0.29) is 0 Å². The first-order valence-electron chi connectivity index (χ1n) is 7.80. The van der Waals surface area contributed by atoms with Crippen LogP contribution in [0.25, 0.3) is 5.69 Å². The predicted octanol–water partition coefficient (Wildman–Crippen LogP) is 2.30. The van der Waals surface area contributed by atoms with Crippen molar-refractivity contribution in [2.45, 2.75) is 19.4 Å². The lowest BCUT2D eigenvalue weighted by Crippen LogP contribution is -2.34. The van der Waals surface area contributed by atoms with Crippen molar-refractivity contribution in [1.29, 1.82) is 0 Å². The maximum absolute atomic E-state index is 4.34. The molecule has 1 fully saturated rings. The first kappa shape index (κ1) is 14.3. The molecule has 1 aliphatic heterocycles. The highest BCUT2D eigenvalue weighted by atomic mass is 15.3. The second-order valence-corrected chi connectivity index (χ2v) is 5.96. The van der Waals surface area contributed by atoms with Crippen LogP contribution in [0.3, 0.4) is 0 Å². The van der Waals surface area contributed by atoms with E-state index in [1.54, 1.807) is 0 Å². The first-order chi connectivity index (χ1) is 10.3. The summed E-state index contributed by atoms with van der Waals surface area (Å²) in [6.45, 7) is 4.48. The summed E-state index contributed by atoms with van der Waals surface area (Å²) < 4.78 is 1.94. The number of nitrogens with one attached hydrogen (secondary N) is 1. The second kappa shape index (κ2) is 6.87. The van der Waals surface area contributed by atoms with Crippen LogP contribution in [0.4, 0.5) is 0 Å². The molecule has 0 amide bonds. The van der Waals surface area contributed by atoms with E-state index in [9.17, 15) is 0 Å². The van der Waals surface area contributed by atoms with E-state index < -0.39 is 0 Å². The molecule has 0 spiro atoms. The van der Waals surface area contributed by atoms with E-state index >= 15 is 0 Å². The normalized spacial score (nSPS) is 17.2. The van der Waals surface area contributed by atoms with Crippen molar-refractivity contribution < 1.29 is 0 Å². The van der Waals surface area contributed by atoms with Crippen LogP contribution in [0.2, 0.25) is 0 Å². The molecule has 2 heterocycles. The number of para-hydroxylation sites is 1. The zero-order chi connectivity index (χ0) is 14.5. The number of nitrogens with zero attached hydrogens (tertiary/aromatic N) is 3. The lowest BCUT2D eigenvalue weighted by molar-refractivity contribution is 0.216. The molecular formula is C17H24N4. The van der Waals surface area contributed by atoms with Gasteiger partial charge in [0.05, 0.1) is 5.69 Å². The van der Waals surface area contributed by atoms with Crippen molar-refractivity contribution in [3.63, 3.8) is 0 Å². The van der Waals surface area contributed by atoms with Crippen molar-refractivity contribution in [1.82, 2.24) is 20.0 Å². The third kappa shape index (κ3) is 3.71. The topological polar surface area (TPSA) is 33.1 Å². The van der Waals surface area contributed by atoms with E-state index in [2.05, 4.69) is 46.6 Å². The standard InChI is InChI=1S/C17H24N4/c1-20-11-7-15(8-12-20)13-18-14-16-5-2-3-6-17(16)21-10-4-9-19-21/h2-6,9-10,15,18H,7-8,11-14H2,1H3. The van der Waals surface area contributed by atoms with Gasteiger partial charge >= 0.3 is 0 Å². The minimum absolute atomic E-state index is 0.818. The summed E-state index contributed by atoms with van der Waals surface area (Å²) in [5, 5.41) is 7.97. The van der Waals surface area contributed by atoms with Crippen molar-refractivity contribution >= 4 is 0 Å². The van der Waals surface area contributed by atoms with Gasteiger partial charge in [-0.05, 0) is 63.1 Å². The molecule has 0 bridgehead atoms. The van der Waals surface area contributed by atoms with Gasteiger partial charge in [0, 0.05) is 18.9 Å². The average Bonchev–Trinajstić information content (AvgIpc) is 3.04. The summed E-state index contributed by atoms with van der Waals surface area (Å²) in [5.74, 6) is 0.818. The summed E-state index contributed by atoms with van der Waals surface area (Å²) in [4.78, 5) is 2.42. The van der Waals surface area contributed by atoms with E-state index in [1.165, 1.54) is 37.2 Å². The Balaban J connectivity index is 1.56. The number of hydrogen-bond acceptors (Lipinski definition) is 3. The van der Waals surface area contributed by atoms with Gasteiger partial charge in [-0.2, -0.15) is 5.10 Å². The molecule has 3 rings (SSSR count). The molecule has 0 atom stereocenters. The maximum Gasteiger partial charge on any atom is 0.0690 e. The Morgan fingerprint density at radius 2 is 2.00 bits per heavy atom. The van der Waals surface area contributed by atoms with Crippen LogP contribution >= 0.6 is 0 Å². The van der Waals surface area contributed by atoms with Crippen LogP contribution < -0.4 is 5.32 Å². The lowest BCUT2D eigenvalue weighted by atomic mass is 9.97. The van der Waals surface area contributed by atoms with E-state index in [1.807, 2.05) is 23.1 Å². The smallest absolute Gasteiger partial charge is 0.0690 e. The first-order valence-corrected chi connectivity index (χ1v) is 7.80. The Labute approximate surface area is 126 Å². The van der Waals surface area contributed by atoms with Crippen molar-refractivity contribution in [3.05, 3.63) is 48.3 Å². The number of aromatic nitrogens is 2. The molecule has 0 aliphatic carbocycles. The quantitative estimate of drug-likeness (QED) is 0.914. The Kier molecular flexibility index (Phi) is 4.68. The minimum atomic E-state index is 0.818. The van der Waals surface area contributed by atoms with Crippen LogP contribution in [0.5, 0.6) is 0 Å².